The van der Waals surface area contributed by atoms with Crippen LogP contribution >= 0.6 is 0 Å². The van der Waals surface area contributed by atoms with Crippen LogP contribution < -0.4 is 0 Å². The summed E-state index contributed by atoms with van der Waals surface area (Å²) in [6.07, 6.45) is 8.35. The summed E-state index contributed by atoms with van der Waals surface area (Å²) in [4.78, 5) is 46.2. The van der Waals surface area contributed by atoms with Crippen molar-refractivity contribution in [3.8, 4) is 22.5 Å². The molecule has 0 unspecified atom stereocenters. The summed E-state index contributed by atoms with van der Waals surface area (Å²) in [6, 6.07) is 32.5. The van der Waals surface area contributed by atoms with Gasteiger partial charge in [-0.05, 0) is 95.2 Å². The van der Waals surface area contributed by atoms with Crippen LogP contribution in [0, 0.1) is 0 Å². The first-order chi connectivity index (χ1) is 26.6. The maximum atomic E-state index is 13.0. The summed E-state index contributed by atoms with van der Waals surface area (Å²) >= 11 is 0. The number of imidazole rings is 2. The van der Waals surface area contributed by atoms with Crippen molar-refractivity contribution in [3.05, 3.63) is 154 Å². The number of ether oxygens (including phenoxy) is 2. The molecular formula is C44H42N6O4. The topological polar surface area (TPSA) is 116 Å². The Bertz CT molecular complexity index is 2120. The number of nitrogens with one attached hydrogen (secondary N) is 2. The van der Waals surface area contributed by atoms with E-state index >= 15 is 0 Å². The fraction of sp³-hybridized carbons (Fsp3) is 0.273. The minimum atomic E-state index is -0.305. The van der Waals surface area contributed by atoms with Crippen LogP contribution in [-0.4, -0.2) is 55.0 Å². The van der Waals surface area contributed by atoms with Gasteiger partial charge in [-0.25, -0.2) is 19.6 Å². The van der Waals surface area contributed by atoms with Crippen LogP contribution in [0.2, 0.25) is 0 Å². The molecule has 0 saturated carbocycles. The van der Waals surface area contributed by atoms with Crippen molar-refractivity contribution >= 4 is 12.2 Å². The second-order valence-corrected chi connectivity index (χ2v) is 14.5. The smallest absolute Gasteiger partial charge is 0.410 e. The Morgan fingerprint density at radius 3 is 1.48 bits per heavy atom. The van der Waals surface area contributed by atoms with E-state index in [9.17, 15) is 9.59 Å². The maximum Gasteiger partial charge on any atom is 0.410 e. The number of nitrogens with zero attached hydrogens (tertiary/aromatic N) is 4. The fourth-order valence-electron chi connectivity index (χ4n) is 8.12. The Hall–Kier alpha value is -6.16. The van der Waals surface area contributed by atoms with E-state index in [4.69, 9.17) is 19.4 Å². The Morgan fingerprint density at radius 1 is 0.593 bits per heavy atom. The lowest BCUT2D eigenvalue weighted by atomic mass is 9.84. The van der Waals surface area contributed by atoms with Crippen molar-refractivity contribution in [3.63, 3.8) is 0 Å². The third-order valence-electron chi connectivity index (χ3n) is 11.0. The van der Waals surface area contributed by atoms with Gasteiger partial charge in [0.05, 0.1) is 35.9 Å². The highest BCUT2D eigenvalue weighted by molar-refractivity contribution is 5.70. The maximum absolute atomic E-state index is 13.0. The van der Waals surface area contributed by atoms with Crippen molar-refractivity contribution < 1.29 is 19.1 Å². The summed E-state index contributed by atoms with van der Waals surface area (Å²) in [7, 11) is 0. The standard InChI is InChI=1S/C44H42N6O4/c51-43(53-27-29-9-3-1-4-10-29)49-19-7-13-39(49)41-45-25-37(47-41)33-17-15-31-22-36-24-34(18-16-32(36)21-35(31)23-33)38-26-46-42(48-38)40-14-8-20-50(40)44(52)54-28-30-11-5-2-6-12-30/h1-6,9-12,15-18,23-26,39-40H,7-8,13-14,19-22,27-28H2,(H,45,47)(H,46,48)/t39-,40-/m0/s1. The molecule has 10 heteroatoms. The third-order valence-corrected chi connectivity index (χ3v) is 11.0. The van der Waals surface area contributed by atoms with Crippen LogP contribution in [0.5, 0.6) is 0 Å². The molecule has 0 radical (unpaired) electrons. The monoisotopic (exact) mass is 718 g/mol. The highest BCUT2D eigenvalue weighted by Gasteiger charge is 2.34. The average molecular weight is 719 g/mol. The Balaban J connectivity index is 0.850. The second kappa shape index (κ2) is 14.7. The number of fused-ring (bicyclic) bond motifs is 2. The number of benzene rings is 4. The molecule has 4 aromatic carbocycles. The number of H-pyrrole nitrogens is 2. The molecule has 9 rings (SSSR count). The second-order valence-electron chi connectivity index (χ2n) is 14.5. The van der Waals surface area contributed by atoms with Crippen LogP contribution in [0.4, 0.5) is 9.59 Å². The molecule has 2 aliphatic heterocycles. The first kappa shape index (κ1) is 33.7. The number of rotatable bonds is 8. The van der Waals surface area contributed by atoms with Crippen LogP contribution in [0.3, 0.4) is 0 Å². The van der Waals surface area contributed by atoms with Crippen LogP contribution in [-0.2, 0) is 35.5 Å². The highest BCUT2D eigenvalue weighted by Crippen LogP contribution is 2.36. The van der Waals surface area contributed by atoms with Gasteiger partial charge in [0.1, 0.15) is 24.9 Å². The van der Waals surface area contributed by atoms with Gasteiger partial charge in [0.15, 0.2) is 0 Å². The highest BCUT2D eigenvalue weighted by atomic mass is 16.6. The van der Waals surface area contributed by atoms with Gasteiger partial charge in [0, 0.05) is 13.1 Å². The molecule has 0 bridgehead atoms. The van der Waals surface area contributed by atoms with E-state index in [0.717, 1.165) is 83.8 Å². The fourth-order valence-corrected chi connectivity index (χ4v) is 8.12. The normalized spacial score (nSPS) is 17.6. The van der Waals surface area contributed by atoms with Crippen molar-refractivity contribution in [2.75, 3.05) is 13.1 Å². The van der Waals surface area contributed by atoms with Crippen LogP contribution in [0.1, 0.15) is 82.8 Å². The summed E-state index contributed by atoms with van der Waals surface area (Å²) in [5.74, 6) is 1.58. The Labute approximate surface area is 314 Å². The van der Waals surface area contributed by atoms with E-state index < -0.39 is 0 Å². The van der Waals surface area contributed by atoms with Crippen molar-refractivity contribution in [2.45, 2.75) is 63.8 Å². The molecule has 6 aromatic rings. The molecular weight excluding hydrogens is 677 g/mol. The summed E-state index contributed by atoms with van der Waals surface area (Å²) < 4.78 is 11.3. The van der Waals surface area contributed by atoms with Crippen molar-refractivity contribution in [1.29, 1.82) is 0 Å². The summed E-state index contributed by atoms with van der Waals surface area (Å²) in [6.45, 7) is 1.82. The number of carbonyl (C=O) groups excluding carboxylic acids is 2. The minimum Gasteiger partial charge on any atom is -0.445 e. The largest absolute Gasteiger partial charge is 0.445 e. The number of amides is 2. The molecule has 4 heterocycles. The first-order valence-electron chi connectivity index (χ1n) is 18.8. The predicted octanol–water partition coefficient (Wildman–Crippen LogP) is 8.91. The van der Waals surface area contributed by atoms with Gasteiger partial charge in [0.2, 0.25) is 0 Å². The molecule has 272 valence electrons. The van der Waals surface area contributed by atoms with E-state index in [1.807, 2.05) is 73.1 Å². The first-order valence-corrected chi connectivity index (χ1v) is 18.8. The van der Waals surface area contributed by atoms with Gasteiger partial charge in [0.25, 0.3) is 0 Å². The van der Waals surface area contributed by atoms with E-state index in [1.54, 1.807) is 9.80 Å². The molecule has 2 aromatic heterocycles. The van der Waals surface area contributed by atoms with Crippen LogP contribution in [0.15, 0.2) is 109 Å². The summed E-state index contributed by atoms with van der Waals surface area (Å²) in [5, 5.41) is 0. The van der Waals surface area contributed by atoms with Crippen LogP contribution in [0.25, 0.3) is 22.5 Å². The Morgan fingerprint density at radius 2 is 1.04 bits per heavy atom. The Kier molecular flexibility index (Phi) is 9.16. The predicted molar refractivity (Wildman–Crippen MR) is 204 cm³/mol. The lowest BCUT2D eigenvalue weighted by Crippen LogP contribution is -2.31. The molecule has 54 heavy (non-hydrogen) atoms. The van der Waals surface area contributed by atoms with E-state index in [2.05, 4.69) is 46.4 Å². The average Bonchev–Trinajstić information content (AvgIpc) is 4.06. The van der Waals surface area contributed by atoms with Gasteiger partial charge in [-0.3, -0.25) is 9.80 Å². The molecule has 2 fully saturated rings. The van der Waals surface area contributed by atoms with Gasteiger partial charge >= 0.3 is 12.2 Å². The number of carbonyl (C=O) groups is 2. The molecule has 0 spiro atoms. The van der Waals surface area contributed by atoms with Gasteiger partial charge < -0.3 is 19.4 Å². The lowest BCUT2D eigenvalue weighted by Gasteiger charge is -2.23. The molecule has 1 aliphatic carbocycles. The van der Waals surface area contributed by atoms with Gasteiger partial charge in [-0.1, -0.05) is 84.9 Å². The zero-order chi connectivity index (χ0) is 36.4. The van der Waals surface area contributed by atoms with Gasteiger partial charge in [-0.2, -0.15) is 0 Å². The van der Waals surface area contributed by atoms with E-state index in [-0.39, 0.29) is 37.5 Å². The molecule has 3 aliphatic rings. The number of hydrogen-bond donors (Lipinski definition) is 2. The molecule has 2 atom stereocenters. The summed E-state index contributed by atoms with van der Waals surface area (Å²) in [5.41, 5.74) is 11.2. The quantitative estimate of drug-likeness (QED) is 0.162. The van der Waals surface area contributed by atoms with E-state index in [1.165, 1.54) is 22.3 Å². The number of likely N-dealkylation sites (tertiary alicyclic amines) is 2. The zero-order valence-electron chi connectivity index (χ0n) is 30.0. The SMILES string of the molecule is O=C(OCc1ccccc1)N1CCC[C@H]1c1ncc(-c2ccc3c(c2)Cc2ccc(-c4cnc([C@@H]5CCCN5C(=O)OCc5ccccc5)[nH]4)cc2C3)[nH]1. The van der Waals surface area contributed by atoms with Crippen molar-refractivity contribution in [2.24, 2.45) is 0 Å². The molecule has 10 nitrogen and oxygen atoms in total. The minimum absolute atomic E-state index is 0.134. The van der Waals surface area contributed by atoms with Gasteiger partial charge in [-0.15, -0.1) is 0 Å². The lowest BCUT2D eigenvalue weighted by molar-refractivity contribution is 0.0903. The number of aromatic amines is 2. The molecule has 2 saturated heterocycles. The zero-order valence-corrected chi connectivity index (χ0v) is 30.0. The molecule has 2 amide bonds. The molecule has 2 N–H and O–H groups in total. The number of aromatic nitrogens is 4. The van der Waals surface area contributed by atoms with E-state index in [0.29, 0.717) is 13.1 Å². The number of hydrogen-bond acceptors (Lipinski definition) is 6. The third kappa shape index (κ3) is 6.87. The van der Waals surface area contributed by atoms with Crippen molar-refractivity contribution in [1.82, 2.24) is 29.7 Å².